The smallest absolute Gasteiger partial charge is 0.344 e. The highest BCUT2D eigenvalue weighted by Gasteiger charge is 2.36. The minimum Gasteiger partial charge on any atom is -0.344 e. The van der Waals surface area contributed by atoms with E-state index in [1.165, 1.54) is 19.2 Å². The van der Waals surface area contributed by atoms with Gasteiger partial charge in [0.15, 0.2) is 5.69 Å². The van der Waals surface area contributed by atoms with Gasteiger partial charge < -0.3 is 5.32 Å². The van der Waals surface area contributed by atoms with Crippen molar-refractivity contribution in [3.05, 3.63) is 64.9 Å². The molecule has 1 atom stereocenters. The lowest BCUT2D eigenvalue weighted by molar-refractivity contribution is -0.142. The van der Waals surface area contributed by atoms with E-state index in [1.807, 2.05) is 0 Å². The third kappa shape index (κ3) is 4.16. The highest BCUT2D eigenvalue weighted by atomic mass is 19.4. The molecule has 1 aliphatic rings. The number of halogens is 6. The molecule has 168 valence electrons. The number of aromatic nitrogens is 4. The second-order valence-electron chi connectivity index (χ2n) is 7.26. The highest BCUT2D eigenvalue weighted by Crippen LogP contribution is 2.34. The number of rotatable bonds is 3. The van der Waals surface area contributed by atoms with Crippen molar-refractivity contribution in [1.82, 2.24) is 25.1 Å². The Bertz CT molecular complexity index is 1180. The molecular weight excluding hydrogens is 440 g/mol. The maximum absolute atomic E-state index is 12.9. The van der Waals surface area contributed by atoms with Crippen molar-refractivity contribution >= 4 is 5.91 Å². The van der Waals surface area contributed by atoms with Crippen molar-refractivity contribution in [2.45, 2.75) is 31.2 Å². The average molecular weight is 455 g/mol. The van der Waals surface area contributed by atoms with Crippen molar-refractivity contribution < 1.29 is 31.1 Å². The summed E-state index contributed by atoms with van der Waals surface area (Å²) in [5, 5.41) is 6.00. The Balaban J connectivity index is 1.55. The van der Waals surface area contributed by atoms with Crippen molar-refractivity contribution in [3.63, 3.8) is 0 Å². The van der Waals surface area contributed by atoms with Gasteiger partial charge in [-0.25, -0.2) is 0 Å². The summed E-state index contributed by atoms with van der Waals surface area (Å²) >= 11 is 0. The molecule has 0 saturated heterocycles. The van der Waals surface area contributed by atoms with E-state index in [0.29, 0.717) is 35.9 Å². The topological polar surface area (TPSA) is 72.7 Å². The van der Waals surface area contributed by atoms with Crippen LogP contribution in [0.15, 0.2) is 36.5 Å². The molecule has 1 N–H and O–H groups in total. The second-order valence-corrected chi connectivity index (χ2v) is 7.26. The number of nitrogens with one attached hydrogen (secondary N) is 1. The summed E-state index contributed by atoms with van der Waals surface area (Å²) in [7, 11) is 1.24. The molecule has 3 heterocycles. The molecule has 0 fully saturated rings. The van der Waals surface area contributed by atoms with Crippen LogP contribution in [0, 0.1) is 0 Å². The van der Waals surface area contributed by atoms with Gasteiger partial charge in [-0.05, 0) is 36.6 Å². The number of carbonyl (C=O) groups excluding carboxylic acids is 1. The van der Waals surface area contributed by atoms with Crippen LogP contribution in [0.25, 0.3) is 11.3 Å². The van der Waals surface area contributed by atoms with E-state index in [9.17, 15) is 31.1 Å². The third-order valence-corrected chi connectivity index (χ3v) is 5.11. The van der Waals surface area contributed by atoms with Crippen molar-refractivity contribution in [2.24, 2.45) is 7.05 Å². The predicted octanol–water partition coefficient (Wildman–Crippen LogP) is 4.33. The molecule has 3 aromatic rings. The van der Waals surface area contributed by atoms with Gasteiger partial charge in [-0.2, -0.15) is 31.4 Å². The fraction of sp³-hybridized carbons (Fsp3) is 0.300. The van der Waals surface area contributed by atoms with E-state index in [2.05, 4.69) is 20.4 Å². The fourth-order valence-corrected chi connectivity index (χ4v) is 3.57. The van der Waals surface area contributed by atoms with Crippen LogP contribution in [-0.4, -0.2) is 25.7 Å². The normalized spacial score (nSPS) is 16.2. The van der Waals surface area contributed by atoms with Crippen molar-refractivity contribution in [1.29, 1.82) is 0 Å². The number of pyridine rings is 2. The van der Waals surface area contributed by atoms with Gasteiger partial charge in [-0.15, -0.1) is 0 Å². The monoisotopic (exact) mass is 455 g/mol. The first kappa shape index (κ1) is 21.8. The first-order valence-electron chi connectivity index (χ1n) is 9.39. The lowest BCUT2D eigenvalue weighted by Gasteiger charge is -2.14. The van der Waals surface area contributed by atoms with Crippen LogP contribution in [0.4, 0.5) is 26.3 Å². The third-order valence-electron chi connectivity index (χ3n) is 5.11. The van der Waals surface area contributed by atoms with Gasteiger partial charge in [0.25, 0.3) is 5.91 Å². The van der Waals surface area contributed by atoms with E-state index in [1.54, 1.807) is 6.07 Å². The number of aryl methyl sites for hydroxylation is 2. The summed E-state index contributed by atoms with van der Waals surface area (Å²) in [6.45, 7) is 0. The summed E-state index contributed by atoms with van der Waals surface area (Å²) in [5.74, 6) is -0.721. The maximum Gasteiger partial charge on any atom is 0.435 e. The Kier molecular flexibility index (Phi) is 5.18. The van der Waals surface area contributed by atoms with Crippen LogP contribution in [0.3, 0.4) is 0 Å². The molecule has 0 aliphatic heterocycles. The molecule has 0 radical (unpaired) electrons. The number of nitrogens with zero attached hydrogens (tertiary/aromatic N) is 4. The van der Waals surface area contributed by atoms with E-state index in [-0.39, 0.29) is 11.3 Å². The van der Waals surface area contributed by atoms with Crippen LogP contribution < -0.4 is 5.32 Å². The number of carbonyl (C=O) groups is 1. The van der Waals surface area contributed by atoms with Gasteiger partial charge in [0.05, 0.1) is 11.7 Å². The molecule has 0 spiro atoms. The molecule has 3 aromatic heterocycles. The SMILES string of the molecule is Cn1nc(C(F)(F)F)cc1C(=O)N[C@H]1CCc2nc(-c3ccnc(C(F)(F)F)c3)ccc21. The van der Waals surface area contributed by atoms with Crippen LogP contribution in [0.2, 0.25) is 0 Å². The number of hydrogen-bond acceptors (Lipinski definition) is 4. The molecule has 6 nitrogen and oxygen atoms in total. The lowest BCUT2D eigenvalue weighted by Crippen LogP contribution is -2.28. The minimum absolute atomic E-state index is 0.244. The van der Waals surface area contributed by atoms with E-state index in [0.717, 1.165) is 16.9 Å². The molecule has 12 heteroatoms. The Morgan fingerprint density at radius 3 is 2.44 bits per heavy atom. The number of alkyl halides is 6. The van der Waals surface area contributed by atoms with Gasteiger partial charge >= 0.3 is 12.4 Å². The van der Waals surface area contributed by atoms with Crippen molar-refractivity contribution in [2.75, 3.05) is 0 Å². The van der Waals surface area contributed by atoms with E-state index < -0.39 is 35.7 Å². The molecule has 0 bridgehead atoms. The summed E-state index contributed by atoms with van der Waals surface area (Å²) < 4.78 is 78.1. The van der Waals surface area contributed by atoms with Crippen LogP contribution in [0.5, 0.6) is 0 Å². The first-order valence-corrected chi connectivity index (χ1v) is 9.39. The first-order chi connectivity index (χ1) is 14.9. The Labute approximate surface area is 177 Å². The number of hydrogen-bond donors (Lipinski definition) is 1. The molecular formula is C20H15F6N5O. The summed E-state index contributed by atoms with van der Waals surface area (Å²) in [6.07, 6.45) is -7.30. The molecule has 4 rings (SSSR count). The van der Waals surface area contributed by atoms with Crippen molar-refractivity contribution in [3.8, 4) is 11.3 Å². The van der Waals surface area contributed by atoms with Gasteiger partial charge in [-0.1, -0.05) is 6.07 Å². The molecule has 0 saturated carbocycles. The van der Waals surface area contributed by atoms with Crippen LogP contribution >= 0.6 is 0 Å². The average Bonchev–Trinajstić information content (AvgIpc) is 3.30. The van der Waals surface area contributed by atoms with Gasteiger partial charge in [-0.3, -0.25) is 19.4 Å². The number of amides is 1. The van der Waals surface area contributed by atoms with Gasteiger partial charge in [0.2, 0.25) is 0 Å². The van der Waals surface area contributed by atoms with Crippen LogP contribution in [0.1, 0.15) is 45.6 Å². The molecule has 1 amide bonds. The Hall–Kier alpha value is -3.44. The van der Waals surface area contributed by atoms with Gasteiger partial charge in [0, 0.05) is 30.6 Å². The predicted molar refractivity (Wildman–Crippen MR) is 99.2 cm³/mol. The zero-order valence-corrected chi connectivity index (χ0v) is 16.4. The quantitative estimate of drug-likeness (QED) is 0.597. The van der Waals surface area contributed by atoms with Gasteiger partial charge in [0.1, 0.15) is 11.4 Å². The molecule has 0 aromatic carbocycles. The lowest BCUT2D eigenvalue weighted by atomic mass is 10.1. The largest absolute Gasteiger partial charge is 0.435 e. The zero-order valence-electron chi connectivity index (χ0n) is 16.4. The molecule has 1 aliphatic carbocycles. The highest BCUT2D eigenvalue weighted by molar-refractivity contribution is 5.93. The summed E-state index contributed by atoms with van der Waals surface area (Å²) in [5.41, 5.74) is -0.616. The Morgan fingerprint density at radius 1 is 1.06 bits per heavy atom. The summed E-state index contributed by atoms with van der Waals surface area (Å²) in [4.78, 5) is 20.3. The Morgan fingerprint density at radius 2 is 1.78 bits per heavy atom. The van der Waals surface area contributed by atoms with Crippen LogP contribution in [-0.2, 0) is 25.8 Å². The van der Waals surface area contributed by atoms with E-state index >= 15 is 0 Å². The second kappa shape index (κ2) is 7.61. The molecule has 0 unspecified atom stereocenters. The molecule has 32 heavy (non-hydrogen) atoms. The number of fused-ring (bicyclic) bond motifs is 1. The summed E-state index contributed by atoms with van der Waals surface area (Å²) in [6, 6.07) is 5.68. The minimum atomic E-state index is -4.67. The fourth-order valence-electron chi connectivity index (χ4n) is 3.57. The standard InChI is InChI=1S/C20H15F6N5O/c1-31-15(9-17(30-31)20(24,25)26)18(32)29-14-5-4-13-11(14)2-3-12(28-13)10-6-7-27-16(8-10)19(21,22)23/h2-3,6-9,14H,4-5H2,1H3,(H,29,32)/t14-/m0/s1. The van der Waals surface area contributed by atoms with E-state index in [4.69, 9.17) is 0 Å². The zero-order chi connectivity index (χ0) is 23.3. The maximum atomic E-state index is 12.9.